The first-order valence-electron chi connectivity index (χ1n) is 9.38. The van der Waals surface area contributed by atoms with Crippen LogP contribution in [0.25, 0.3) is 5.69 Å². The van der Waals surface area contributed by atoms with Crippen LogP contribution in [0, 0.1) is 11.3 Å². The Morgan fingerprint density at radius 1 is 0.966 bits per heavy atom. The van der Waals surface area contributed by atoms with Crippen LogP contribution >= 0.6 is 0 Å². The number of sulfonamides is 1. The summed E-state index contributed by atoms with van der Waals surface area (Å²) in [5, 5.41) is 13.1. The summed E-state index contributed by atoms with van der Waals surface area (Å²) < 4.78 is 29.1. The predicted molar refractivity (Wildman–Crippen MR) is 109 cm³/mol. The third kappa shape index (κ3) is 4.22. The second kappa shape index (κ2) is 8.17. The van der Waals surface area contributed by atoms with Gasteiger partial charge >= 0.3 is 0 Å². The lowest BCUT2D eigenvalue weighted by atomic mass is 10.1. The van der Waals surface area contributed by atoms with Crippen LogP contribution in [0.3, 0.4) is 0 Å². The fraction of sp³-hybridized carbons (Fsp3) is 0.238. The average molecular weight is 407 g/mol. The molecule has 0 aliphatic carbocycles. The van der Waals surface area contributed by atoms with Crippen molar-refractivity contribution in [2.24, 2.45) is 0 Å². The Morgan fingerprint density at radius 2 is 1.66 bits per heavy atom. The second-order valence-corrected chi connectivity index (χ2v) is 8.88. The van der Waals surface area contributed by atoms with Crippen molar-refractivity contribution in [1.29, 1.82) is 5.26 Å². The van der Waals surface area contributed by atoms with E-state index in [2.05, 4.69) is 16.1 Å². The van der Waals surface area contributed by atoms with E-state index >= 15 is 0 Å². The lowest BCUT2D eigenvalue weighted by molar-refractivity contribution is 0.181. The molecular weight excluding hydrogens is 386 g/mol. The van der Waals surface area contributed by atoms with Gasteiger partial charge in [-0.1, -0.05) is 30.3 Å². The van der Waals surface area contributed by atoms with E-state index in [1.54, 1.807) is 23.0 Å². The summed E-state index contributed by atoms with van der Waals surface area (Å²) in [5.41, 5.74) is 2.58. The minimum absolute atomic E-state index is 0.210. The third-order valence-corrected chi connectivity index (χ3v) is 6.89. The summed E-state index contributed by atoms with van der Waals surface area (Å²) in [6.07, 6.45) is 2.97. The van der Waals surface area contributed by atoms with E-state index in [0.717, 1.165) is 17.8 Å². The highest BCUT2D eigenvalue weighted by atomic mass is 32.2. The molecule has 1 aliphatic heterocycles. The van der Waals surface area contributed by atoms with Gasteiger partial charge in [0.15, 0.2) is 0 Å². The Balaban J connectivity index is 1.40. The number of nitrogens with zero attached hydrogens (tertiary/aromatic N) is 5. The molecular formula is C21H21N5O2S. The first kappa shape index (κ1) is 19.3. The molecule has 1 aromatic heterocycles. The van der Waals surface area contributed by atoms with Crippen LogP contribution in [-0.4, -0.2) is 53.6 Å². The molecule has 3 aromatic rings. The standard InChI is InChI=1S/C21H21N5O2S/c22-14-18-6-8-19(9-7-18)16-24-10-12-25(13-11-24)29(27,28)21-15-23-26(17-21)20-4-2-1-3-5-20/h1-9,15,17H,10-13,16H2. The smallest absolute Gasteiger partial charge is 0.246 e. The van der Waals surface area contributed by atoms with Crippen molar-refractivity contribution in [2.45, 2.75) is 11.4 Å². The lowest BCUT2D eigenvalue weighted by Gasteiger charge is -2.33. The predicted octanol–water partition coefficient (Wildman–Crippen LogP) is 2.25. The van der Waals surface area contributed by atoms with Crippen molar-refractivity contribution in [1.82, 2.24) is 19.0 Å². The molecule has 0 amide bonds. The number of rotatable bonds is 5. The summed E-state index contributed by atoms with van der Waals surface area (Å²) in [5.74, 6) is 0. The summed E-state index contributed by atoms with van der Waals surface area (Å²) >= 11 is 0. The van der Waals surface area contributed by atoms with Gasteiger partial charge in [-0.05, 0) is 29.8 Å². The zero-order valence-electron chi connectivity index (χ0n) is 15.8. The number of benzene rings is 2. The summed E-state index contributed by atoms with van der Waals surface area (Å²) in [4.78, 5) is 2.43. The van der Waals surface area contributed by atoms with Gasteiger partial charge in [0.1, 0.15) is 4.90 Å². The van der Waals surface area contributed by atoms with E-state index < -0.39 is 10.0 Å². The molecule has 0 spiro atoms. The van der Waals surface area contributed by atoms with Crippen molar-refractivity contribution >= 4 is 10.0 Å². The molecule has 0 bridgehead atoms. The van der Waals surface area contributed by atoms with Crippen LogP contribution in [-0.2, 0) is 16.6 Å². The zero-order valence-corrected chi connectivity index (χ0v) is 16.7. The third-order valence-electron chi connectivity index (χ3n) is 5.04. The Hall–Kier alpha value is -2.99. The molecule has 0 unspecified atom stereocenters. The SMILES string of the molecule is N#Cc1ccc(CN2CCN(S(=O)(=O)c3cnn(-c4ccccc4)c3)CC2)cc1. The van der Waals surface area contributed by atoms with Crippen LogP contribution in [0.2, 0.25) is 0 Å². The minimum Gasteiger partial charge on any atom is -0.296 e. The highest BCUT2D eigenvalue weighted by Crippen LogP contribution is 2.19. The molecule has 1 fully saturated rings. The van der Waals surface area contributed by atoms with Gasteiger partial charge in [-0.15, -0.1) is 0 Å². The second-order valence-electron chi connectivity index (χ2n) is 6.95. The van der Waals surface area contributed by atoms with Crippen molar-refractivity contribution in [3.05, 3.63) is 78.1 Å². The van der Waals surface area contributed by atoms with Crippen molar-refractivity contribution < 1.29 is 8.42 Å². The van der Waals surface area contributed by atoms with Crippen LogP contribution in [0.5, 0.6) is 0 Å². The van der Waals surface area contributed by atoms with E-state index in [9.17, 15) is 8.42 Å². The number of hydrogen-bond acceptors (Lipinski definition) is 5. The molecule has 0 saturated carbocycles. The Bertz CT molecular complexity index is 1110. The van der Waals surface area contributed by atoms with E-state index in [0.29, 0.717) is 31.7 Å². The number of para-hydroxylation sites is 1. The first-order chi connectivity index (χ1) is 14.1. The highest BCUT2D eigenvalue weighted by molar-refractivity contribution is 7.89. The van der Waals surface area contributed by atoms with Crippen LogP contribution in [0.4, 0.5) is 0 Å². The molecule has 148 valence electrons. The lowest BCUT2D eigenvalue weighted by Crippen LogP contribution is -2.48. The van der Waals surface area contributed by atoms with Crippen LogP contribution < -0.4 is 0 Å². The van der Waals surface area contributed by atoms with Gasteiger partial charge in [0.25, 0.3) is 0 Å². The van der Waals surface area contributed by atoms with E-state index in [4.69, 9.17) is 5.26 Å². The van der Waals surface area contributed by atoms with Gasteiger partial charge in [-0.3, -0.25) is 4.90 Å². The Morgan fingerprint density at radius 3 is 2.31 bits per heavy atom. The molecule has 2 heterocycles. The van der Waals surface area contributed by atoms with Gasteiger partial charge in [-0.2, -0.15) is 14.7 Å². The molecule has 2 aromatic carbocycles. The van der Waals surface area contributed by atoms with Crippen molar-refractivity contribution in [3.63, 3.8) is 0 Å². The molecule has 1 aliphatic rings. The minimum atomic E-state index is -3.57. The largest absolute Gasteiger partial charge is 0.296 e. The average Bonchev–Trinajstić information content (AvgIpc) is 3.27. The number of hydrogen-bond donors (Lipinski definition) is 0. The zero-order chi connectivity index (χ0) is 20.3. The molecule has 0 N–H and O–H groups in total. The van der Waals surface area contributed by atoms with Gasteiger partial charge in [-0.25, -0.2) is 13.1 Å². The van der Waals surface area contributed by atoms with E-state index in [-0.39, 0.29) is 4.90 Å². The molecule has 8 heteroatoms. The normalized spacial score (nSPS) is 15.8. The molecule has 0 radical (unpaired) electrons. The molecule has 0 atom stereocenters. The van der Waals surface area contributed by atoms with Gasteiger partial charge in [0, 0.05) is 32.7 Å². The van der Waals surface area contributed by atoms with Crippen LogP contribution in [0.15, 0.2) is 71.9 Å². The van der Waals surface area contributed by atoms with Crippen molar-refractivity contribution in [2.75, 3.05) is 26.2 Å². The van der Waals surface area contributed by atoms with Gasteiger partial charge < -0.3 is 0 Å². The van der Waals surface area contributed by atoms with Gasteiger partial charge in [0.2, 0.25) is 10.0 Å². The van der Waals surface area contributed by atoms with Crippen LogP contribution in [0.1, 0.15) is 11.1 Å². The quantitative estimate of drug-likeness (QED) is 0.648. The van der Waals surface area contributed by atoms with E-state index in [1.165, 1.54) is 10.5 Å². The number of aromatic nitrogens is 2. The fourth-order valence-electron chi connectivity index (χ4n) is 3.38. The van der Waals surface area contributed by atoms with E-state index in [1.807, 2.05) is 42.5 Å². The topological polar surface area (TPSA) is 82.2 Å². The summed E-state index contributed by atoms with van der Waals surface area (Å²) in [7, 11) is -3.57. The first-order valence-corrected chi connectivity index (χ1v) is 10.8. The maximum absolute atomic E-state index is 13.0. The Kier molecular flexibility index (Phi) is 5.45. The highest BCUT2D eigenvalue weighted by Gasteiger charge is 2.29. The molecule has 1 saturated heterocycles. The van der Waals surface area contributed by atoms with Crippen molar-refractivity contribution in [3.8, 4) is 11.8 Å². The number of nitriles is 1. The summed E-state index contributed by atoms with van der Waals surface area (Å²) in [6, 6.07) is 19.1. The van der Waals surface area contributed by atoms with Gasteiger partial charge in [0.05, 0.1) is 29.7 Å². The fourth-order valence-corrected chi connectivity index (χ4v) is 4.74. The molecule has 29 heavy (non-hydrogen) atoms. The Labute approximate surface area is 170 Å². The monoisotopic (exact) mass is 407 g/mol. The maximum Gasteiger partial charge on any atom is 0.246 e. The summed E-state index contributed by atoms with van der Waals surface area (Å²) in [6.45, 7) is 2.94. The maximum atomic E-state index is 13.0. The molecule has 4 rings (SSSR count). The number of piperazine rings is 1. The molecule has 7 nitrogen and oxygen atoms in total.